The third-order valence-electron chi connectivity index (χ3n) is 10.2. The van der Waals surface area contributed by atoms with E-state index in [2.05, 4.69) is 0 Å². The number of hydrogen-bond acceptors (Lipinski definition) is 6. The minimum Gasteiger partial charge on any atom is -0.208 e. The molecule has 12 rings (SSSR count). The molecular weight excluding hydrogens is 685 g/mol. The Hall–Kier alpha value is -7.44. The van der Waals surface area contributed by atoms with Crippen molar-refractivity contribution in [1.29, 1.82) is 0 Å². The average Bonchev–Trinajstić information content (AvgIpc) is 3.34. The van der Waals surface area contributed by atoms with Crippen LogP contribution in [0, 0.1) is 0 Å². The van der Waals surface area contributed by atoms with Crippen LogP contribution in [0.25, 0.3) is 68.3 Å². The summed E-state index contributed by atoms with van der Waals surface area (Å²) in [5.74, 6) is -0.483. The van der Waals surface area contributed by atoms with Crippen molar-refractivity contribution in [2.75, 3.05) is 0 Å². The van der Waals surface area contributed by atoms with E-state index in [4.69, 9.17) is 32.6 Å². The summed E-state index contributed by atoms with van der Waals surface area (Å²) in [7, 11) is 0. The van der Waals surface area contributed by atoms with E-state index >= 15 is 0 Å². The van der Waals surface area contributed by atoms with E-state index in [1.165, 1.54) is 12.1 Å². The highest BCUT2D eigenvalue weighted by Crippen LogP contribution is 2.56. The first kappa shape index (κ1) is 24.8. The molecule has 262 valence electrons. The van der Waals surface area contributed by atoms with Crippen LogP contribution in [0.2, 0.25) is 0 Å². The van der Waals surface area contributed by atoms with Crippen LogP contribution in [0.15, 0.2) is 182 Å². The molecule has 0 saturated carbocycles. The van der Waals surface area contributed by atoms with Gasteiger partial charge in [-0.2, -0.15) is 0 Å². The average molecular weight is 725 g/mol. The van der Waals surface area contributed by atoms with Gasteiger partial charge in [-0.05, 0) is 45.5 Å². The van der Waals surface area contributed by atoms with Crippen molar-refractivity contribution in [3.63, 3.8) is 0 Å². The van der Waals surface area contributed by atoms with Gasteiger partial charge in [-0.1, -0.05) is 170 Å². The smallest absolute Gasteiger partial charge is 0.164 e. The summed E-state index contributed by atoms with van der Waals surface area (Å²) in [6.45, 7) is 0. The molecule has 6 nitrogen and oxygen atoms in total. The standard InChI is InChI=1S/C50H32N6/c1-5-15-31(16-6-1)45-51-46(32-17-7-2-8-18-32)54-49(53-45)35-25-27-39-41(29-35)43-37-23-13-14-24-38(37)44(39)42-30-36(26-28-40(42)43)50-55-47(33-19-9-3-10-20-33)52-48(56-50)34-21-11-4-12-22-34/h1-30,43-44H/i13D,14D,23D,24D,27D,28D,29D,30D. The molecule has 0 saturated heterocycles. The molecule has 0 fully saturated rings. The fraction of sp³-hybridized carbons (Fsp3) is 0.0400. The van der Waals surface area contributed by atoms with Crippen LogP contribution in [0.4, 0.5) is 0 Å². The van der Waals surface area contributed by atoms with Gasteiger partial charge in [0.15, 0.2) is 34.9 Å². The van der Waals surface area contributed by atoms with Gasteiger partial charge in [0, 0.05) is 45.2 Å². The fourth-order valence-electron chi connectivity index (χ4n) is 7.64. The van der Waals surface area contributed by atoms with Crippen molar-refractivity contribution in [3.05, 3.63) is 215 Å². The molecule has 2 heterocycles. The molecule has 2 atom stereocenters. The molecule has 9 aromatic rings. The summed E-state index contributed by atoms with van der Waals surface area (Å²) < 4.78 is 75.5. The topological polar surface area (TPSA) is 77.3 Å². The van der Waals surface area contributed by atoms with Gasteiger partial charge in [0.1, 0.15) is 0 Å². The maximum atomic E-state index is 9.97. The van der Waals surface area contributed by atoms with Crippen LogP contribution < -0.4 is 0 Å². The molecule has 0 N–H and O–H groups in total. The SMILES string of the molecule is [2H]c1cc(-c2nc(-c3ccccc3)nc(-c3ccccc3)n2)c([2H])c2c1C1c3c([2H])c(-c4nc(-c5ccccc5)nc(-c5ccccc5)n4)cc([2H])c3C2c2c([2H])c([2H])c([2H])c([2H])c21. The quantitative estimate of drug-likeness (QED) is 0.170. The Morgan fingerprint density at radius 1 is 0.286 bits per heavy atom. The van der Waals surface area contributed by atoms with Crippen molar-refractivity contribution in [3.8, 4) is 68.3 Å². The normalized spacial score (nSPS) is 16.8. The first-order valence-electron chi connectivity index (χ1n) is 22.2. The van der Waals surface area contributed by atoms with Crippen LogP contribution >= 0.6 is 0 Å². The Balaban J connectivity index is 1.17. The van der Waals surface area contributed by atoms with Gasteiger partial charge in [0.25, 0.3) is 0 Å². The third-order valence-corrected chi connectivity index (χ3v) is 10.2. The van der Waals surface area contributed by atoms with E-state index in [0.717, 1.165) is 22.3 Å². The number of aromatic nitrogens is 6. The van der Waals surface area contributed by atoms with Crippen LogP contribution in [-0.2, 0) is 0 Å². The second-order valence-corrected chi connectivity index (χ2v) is 13.6. The molecule has 3 aliphatic carbocycles. The molecule has 56 heavy (non-hydrogen) atoms. The summed E-state index contributed by atoms with van der Waals surface area (Å²) in [4.78, 5) is 29.0. The fourth-order valence-corrected chi connectivity index (χ4v) is 7.64. The molecule has 0 aliphatic heterocycles. The molecule has 3 aliphatic rings. The van der Waals surface area contributed by atoms with E-state index in [1.807, 2.05) is 121 Å². The van der Waals surface area contributed by atoms with Crippen LogP contribution in [0.5, 0.6) is 0 Å². The van der Waals surface area contributed by atoms with Crippen molar-refractivity contribution in [2.45, 2.75) is 11.8 Å². The molecule has 0 radical (unpaired) electrons. The summed E-state index contributed by atoms with van der Waals surface area (Å²) >= 11 is 0. The lowest BCUT2D eigenvalue weighted by Crippen LogP contribution is -2.27. The van der Waals surface area contributed by atoms with Crippen molar-refractivity contribution < 1.29 is 11.0 Å². The van der Waals surface area contributed by atoms with Crippen LogP contribution in [-0.4, -0.2) is 29.9 Å². The Morgan fingerprint density at radius 3 is 0.857 bits per heavy atom. The lowest BCUT2D eigenvalue weighted by molar-refractivity contribution is 0.754. The minimum absolute atomic E-state index is 0.0307. The first-order chi connectivity index (χ1) is 31.1. The number of rotatable bonds is 6. The van der Waals surface area contributed by atoms with Crippen LogP contribution in [0.1, 0.15) is 56.2 Å². The zero-order valence-electron chi connectivity index (χ0n) is 37.5. The van der Waals surface area contributed by atoms with Gasteiger partial charge in [-0.25, -0.2) is 29.9 Å². The molecule has 2 unspecified atom stereocenters. The van der Waals surface area contributed by atoms with Crippen molar-refractivity contribution >= 4 is 0 Å². The predicted octanol–water partition coefficient (Wildman–Crippen LogP) is 11.0. The van der Waals surface area contributed by atoms with E-state index < -0.39 is 23.9 Å². The highest BCUT2D eigenvalue weighted by molar-refractivity contribution is 5.75. The van der Waals surface area contributed by atoms with E-state index in [-0.39, 0.29) is 70.2 Å². The number of benzene rings is 7. The summed E-state index contributed by atoms with van der Waals surface area (Å²) in [5.41, 5.74) is 5.00. The van der Waals surface area contributed by atoms with Gasteiger partial charge in [0.05, 0.1) is 11.0 Å². The van der Waals surface area contributed by atoms with Crippen molar-refractivity contribution in [2.24, 2.45) is 0 Å². The summed E-state index contributed by atoms with van der Waals surface area (Å²) in [5, 5.41) is 0. The van der Waals surface area contributed by atoms with Gasteiger partial charge in [0.2, 0.25) is 0 Å². The van der Waals surface area contributed by atoms with Gasteiger partial charge < -0.3 is 0 Å². The van der Waals surface area contributed by atoms with Crippen molar-refractivity contribution in [1.82, 2.24) is 29.9 Å². The highest BCUT2D eigenvalue weighted by atomic mass is 15.0. The molecule has 6 heteroatoms. The maximum absolute atomic E-state index is 9.97. The molecule has 0 spiro atoms. The minimum atomic E-state index is -1.12. The zero-order valence-corrected chi connectivity index (χ0v) is 29.5. The molecule has 2 aromatic heterocycles. The second-order valence-electron chi connectivity index (χ2n) is 13.6. The predicted molar refractivity (Wildman–Crippen MR) is 221 cm³/mol. The Bertz CT molecular complexity index is 3040. The Labute approximate surface area is 335 Å². The zero-order chi connectivity index (χ0) is 44.0. The summed E-state index contributed by atoms with van der Waals surface area (Å²) in [6.07, 6.45) is 0. The van der Waals surface area contributed by atoms with E-state index in [9.17, 15) is 8.22 Å². The lowest BCUT2D eigenvalue weighted by Gasteiger charge is -2.42. The monoisotopic (exact) mass is 724 g/mol. The first-order valence-corrected chi connectivity index (χ1v) is 18.2. The molecular formula is C50H32N6. The summed E-state index contributed by atoms with van der Waals surface area (Å²) in [6, 6.07) is 38.9. The number of nitrogens with zero attached hydrogens (tertiary/aromatic N) is 6. The third kappa shape index (κ3) is 5.42. The number of hydrogen-bond donors (Lipinski definition) is 0. The van der Waals surface area contributed by atoms with E-state index in [1.54, 1.807) is 0 Å². The van der Waals surface area contributed by atoms with Gasteiger partial charge in [-0.15, -0.1) is 0 Å². The highest BCUT2D eigenvalue weighted by Gasteiger charge is 2.41. The van der Waals surface area contributed by atoms with Crippen LogP contribution in [0.3, 0.4) is 0 Å². The molecule has 2 bridgehead atoms. The van der Waals surface area contributed by atoms with Gasteiger partial charge in [-0.3, -0.25) is 0 Å². The Morgan fingerprint density at radius 2 is 0.554 bits per heavy atom. The largest absolute Gasteiger partial charge is 0.208 e. The van der Waals surface area contributed by atoms with Gasteiger partial charge >= 0.3 is 0 Å². The molecule has 0 amide bonds. The maximum Gasteiger partial charge on any atom is 0.164 e. The van der Waals surface area contributed by atoms with E-state index in [0.29, 0.717) is 45.6 Å². The second kappa shape index (κ2) is 13.1. The molecule has 7 aromatic carbocycles. The Kier molecular flexibility index (Phi) is 5.82. The lowest BCUT2D eigenvalue weighted by atomic mass is 9.61.